The van der Waals surface area contributed by atoms with Gasteiger partial charge in [-0.3, -0.25) is 0 Å². The first-order valence-electron chi connectivity index (χ1n) is 6.29. The van der Waals surface area contributed by atoms with Gasteiger partial charge in [-0.2, -0.15) is 0 Å². The first-order valence-corrected chi connectivity index (χ1v) is 6.29. The van der Waals surface area contributed by atoms with Crippen molar-refractivity contribution in [3.8, 4) is 22.4 Å². The molecule has 102 valence electrons. The summed E-state index contributed by atoms with van der Waals surface area (Å²) in [6, 6.07) is 8.16. The second-order valence-corrected chi connectivity index (χ2v) is 4.36. The summed E-state index contributed by atoms with van der Waals surface area (Å²) in [4.78, 5) is 0. The zero-order valence-electron chi connectivity index (χ0n) is 10.9. The standard InChI is InChI=1S/C15H13FN2O2/c1-2-12-10(7-8-19-12)14-13(15(17)20-18-14)9-5-3-4-6-11(9)16/h3-8H,2,17H2,1H3. The van der Waals surface area contributed by atoms with Crippen molar-refractivity contribution < 1.29 is 13.3 Å². The van der Waals surface area contributed by atoms with Crippen molar-refractivity contribution in [1.82, 2.24) is 5.16 Å². The van der Waals surface area contributed by atoms with Gasteiger partial charge in [-0.25, -0.2) is 4.39 Å². The number of rotatable bonds is 3. The van der Waals surface area contributed by atoms with Crippen LogP contribution in [0.2, 0.25) is 0 Å². The van der Waals surface area contributed by atoms with Crippen LogP contribution in [0.25, 0.3) is 22.4 Å². The molecule has 20 heavy (non-hydrogen) atoms. The van der Waals surface area contributed by atoms with Crippen molar-refractivity contribution in [3.05, 3.63) is 48.2 Å². The Morgan fingerprint density at radius 1 is 1.20 bits per heavy atom. The van der Waals surface area contributed by atoms with Gasteiger partial charge in [0.15, 0.2) is 0 Å². The lowest BCUT2D eigenvalue weighted by Gasteiger charge is -2.03. The minimum atomic E-state index is -0.370. The van der Waals surface area contributed by atoms with E-state index in [0.717, 1.165) is 11.3 Å². The molecule has 4 nitrogen and oxygen atoms in total. The van der Waals surface area contributed by atoms with Crippen LogP contribution in [0.4, 0.5) is 10.3 Å². The van der Waals surface area contributed by atoms with Crippen molar-refractivity contribution in [2.24, 2.45) is 0 Å². The first-order chi connectivity index (χ1) is 9.72. The van der Waals surface area contributed by atoms with Crippen LogP contribution in [0.3, 0.4) is 0 Å². The zero-order chi connectivity index (χ0) is 14.1. The van der Waals surface area contributed by atoms with Crippen LogP contribution in [-0.2, 0) is 6.42 Å². The van der Waals surface area contributed by atoms with E-state index in [-0.39, 0.29) is 11.7 Å². The van der Waals surface area contributed by atoms with E-state index in [1.54, 1.807) is 30.5 Å². The summed E-state index contributed by atoms with van der Waals surface area (Å²) in [5.74, 6) is 0.481. The van der Waals surface area contributed by atoms with Gasteiger partial charge >= 0.3 is 0 Å². The number of hydrogen-bond acceptors (Lipinski definition) is 4. The van der Waals surface area contributed by atoms with E-state index in [4.69, 9.17) is 14.7 Å². The molecule has 0 aliphatic carbocycles. The largest absolute Gasteiger partial charge is 0.469 e. The molecule has 0 amide bonds. The van der Waals surface area contributed by atoms with E-state index in [2.05, 4.69) is 5.16 Å². The summed E-state index contributed by atoms with van der Waals surface area (Å²) in [7, 11) is 0. The molecule has 0 aliphatic heterocycles. The number of furan rings is 1. The molecule has 0 spiro atoms. The lowest BCUT2D eigenvalue weighted by atomic mass is 10.0. The Morgan fingerprint density at radius 3 is 2.75 bits per heavy atom. The summed E-state index contributed by atoms with van der Waals surface area (Å²) < 4.78 is 24.4. The number of halogens is 1. The summed E-state index contributed by atoms with van der Waals surface area (Å²) in [5.41, 5.74) is 7.90. The highest BCUT2D eigenvalue weighted by Crippen LogP contribution is 2.38. The monoisotopic (exact) mass is 272 g/mol. The van der Waals surface area contributed by atoms with E-state index < -0.39 is 0 Å². The normalized spacial score (nSPS) is 10.9. The number of hydrogen-bond donors (Lipinski definition) is 1. The van der Waals surface area contributed by atoms with Crippen LogP contribution < -0.4 is 5.73 Å². The number of aryl methyl sites for hydroxylation is 1. The van der Waals surface area contributed by atoms with Crippen molar-refractivity contribution >= 4 is 5.88 Å². The maximum atomic E-state index is 14.0. The molecular formula is C15H13FN2O2. The summed E-state index contributed by atoms with van der Waals surface area (Å²) in [5, 5.41) is 3.96. The molecule has 2 N–H and O–H groups in total. The van der Waals surface area contributed by atoms with Crippen LogP contribution in [0.1, 0.15) is 12.7 Å². The fraction of sp³-hybridized carbons (Fsp3) is 0.133. The van der Waals surface area contributed by atoms with Gasteiger partial charge in [0.05, 0.1) is 11.8 Å². The molecular weight excluding hydrogens is 259 g/mol. The molecule has 3 aromatic rings. The number of nitrogens with two attached hydrogens (primary N) is 1. The maximum Gasteiger partial charge on any atom is 0.230 e. The predicted molar refractivity (Wildman–Crippen MR) is 73.4 cm³/mol. The molecule has 0 saturated heterocycles. The fourth-order valence-corrected chi connectivity index (χ4v) is 2.24. The molecule has 1 aromatic carbocycles. The second kappa shape index (κ2) is 4.85. The molecule has 0 atom stereocenters. The molecule has 0 aliphatic rings. The minimum Gasteiger partial charge on any atom is -0.469 e. The SMILES string of the molecule is CCc1occc1-c1noc(N)c1-c1ccccc1F. The van der Waals surface area contributed by atoms with Gasteiger partial charge in [-0.05, 0) is 12.1 Å². The predicted octanol–water partition coefficient (Wildman–Crippen LogP) is 3.89. The summed E-state index contributed by atoms with van der Waals surface area (Å²) in [6.07, 6.45) is 2.27. The lowest BCUT2D eigenvalue weighted by molar-refractivity contribution is 0.439. The number of aromatic nitrogens is 1. The Morgan fingerprint density at radius 2 is 2.00 bits per heavy atom. The molecule has 2 heterocycles. The Balaban J connectivity index is 2.23. The van der Waals surface area contributed by atoms with Gasteiger partial charge in [0, 0.05) is 17.5 Å². The molecule has 0 saturated carbocycles. The number of nitrogen functional groups attached to an aromatic ring is 1. The van der Waals surface area contributed by atoms with Gasteiger partial charge in [-0.1, -0.05) is 30.3 Å². The third-order valence-corrected chi connectivity index (χ3v) is 3.18. The van der Waals surface area contributed by atoms with E-state index in [0.29, 0.717) is 23.2 Å². The molecule has 5 heteroatoms. The Labute approximate surface area is 115 Å². The highest BCUT2D eigenvalue weighted by molar-refractivity contribution is 5.87. The third-order valence-electron chi connectivity index (χ3n) is 3.18. The van der Waals surface area contributed by atoms with Crippen LogP contribution in [-0.4, -0.2) is 5.16 Å². The summed E-state index contributed by atoms with van der Waals surface area (Å²) >= 11 is 0. The zero-order valence-corrected chi connectivity index (χ0v) is 10.9. The number of anilines is 1. The molecule has 0 radical (unpaired) electrons. The van der Waals surface area contributed by atoms with Crippen LogP contribution in [0.5, 0.6) is 0 Å². The second-order valence-electron chi connectivity index (χ2n) is 4.36. The Bertz CT molecular complexity index is 746. The first kappa shape index (κ1) is 12.5. The van der Waals surface area contributed by atoms with E-state index in [9.17, 15) is 4.39 Å². The minimum absolute atomic E-state index is 0.0911. The van der Waals surface area contributed by atoms with Gasteiger partial charge in [0.2, 0.25) is 5.88 Å². The lowest BCUT2D eigenvalue weighted by Crippen LogP contribution is -1.91. The van der Waals surface area contributed by atoms with Gasteiger partial charge in [0.1, 0.15) is 17.3 Å². The molecule has 0 fully saturated rings. The van der Waals surface area contributed by atoms with Crippen LogP contribution in [0.15, 0.2) is 45.5 Å². The van der Waals surface area contributed by atoms with Crippen molar-refractivity contribution in [1.29, 1.82) is 0 Å². The van der Waals surface area contributed by atoms with Gasteiger partial charge in [-0.15, -0.1) is 0 Å². The van der Waals surface area contributed by atoms with E-state index >= 15 is 0 Å². The quantitative estimate of drug-likeness (QED) is 0.785. The van der Waals surface area contributed by atoms with Crippen LogP contribution >= 0.6 is 0 Å². The third kappa shape index (κ3) is 1.87. The van der Waals surface area contributed by atoms with Gasteiger partial charge < -0.3 is 14.7 Å². The fourth-order valence-electron chi connectivity index (χ4n) is 2.24. The van der Waals surface area contributed by atoms with E-state index in [1.165, 1.54) is 6.07 Å². The number of benzene rings is 1. The van der Waals surface area contributed by atoms with Gasteiger partial charge in [0.25, 0.3) is 0 Å². The Hall–Kier alpha value is -2.56. The van der Waals surface area contributed by atoms with E-state index in [1.807, 2.05) is 6.92 Å². The average Bonchev–Trinajstić information content (AvgIpc) is 3.05. The summed E-state index contributed by atoms with van der Waals surface area (Å²) in [6.45, 7) is 1.97. The van der Waals surface area contributed by atoms with Crippen molar-refractivity contribution in [2.75, 3.05) is 5.73 Å². The smallest absolute Gasteiger partial charge is 0.230 e. The van der Waals surface area contributed by atoms with Crippen molar-refractivity contribution in [3.63, 3.8) is 0 Å². The van der Waals surface area contributed by atoms with Crippen LogP contribution in [0, 0.1) is 5.82 Å². The number of nitrogens with zero attached hydrogens (tertiary/aromatic N) is 1. The van der Waals surface area contributed by atoms with Crippen molar-refractivity contribution in [2.45, 2.75) is 13.3 Å². The molecule has 2 aromatic heterocycles. The molecule has 0 bridgehead atoms. The molecule has 0 unspecified atom stereocenters. The maximum absolute atomic E-state index is 14.0. The highest BCUT2D eigenvalue weighted by Gasteiger charge is 2.22. The molecule has 3 rings (SSSR count). The average molecular weight is 272 g/mol. The Kier molecular flexibility index (Phi) is 3.02. The highest BCUT2D eigenvalue weighted by atomic mass is 19.1. The topological polar surface area (TPSA) is 65.2 Å².